The van der Waals surface area contributed by atoms with Gasteiger partial charge in [0.2, 0.25) is 0 Å². The average Bonchev–Trinajstić information content (AvgIpc) is 2.12. The maximum absolute atomic E-state index is 11.7. The van der Waals surface area contributed by atoms with E-state index in [0.717, 1.165) is 6.42 Å². The predicted molar refractivity (Wildman–Crippen MR) is 65.3 cm³/mol. The van der Waals surface area contributed by atoms with E-state index in [-0.39, 0.29) is 16.1 Å². The molecule has 0 N–H and O–H groups in total. The number of aryl methyl sites for hydroxylation is 1. The van der Waals surface area contributed by atoms with Crippen LogP contribution in [0.15, 0.2) is 15.6 Å². The smallest absolute Gasteiger partial charge is 0.269 e. The lowest BCUT2D eigenvalue weighted by Gasteiger charge is -2.18. The number of aromatic nitrogens is 2. The molecular formula is C10H14BrClN2O. The molecule has 0 radical (unpaired) electrons. The summed E-state index contributed by atoms with van der Waals surface area (Å²) in [6, 6.07) is 0. The first-order valence-corrected chi connectivity index (χ1v) is 5.89. The summed E-state index contributed by atoms with van der Waals surface area (Å²) in [7, 11) is 0. The van der Waals surface area contributed by atoms with Crippen molar-refractivity contribution >= 4 is 27.5 Å². The minimum Gasteiger partial charge on any atom is -0.298 e. The molecule has 15 heavy (non-hydrogen) atoms. The Kier molecular flexibility index (Phi) is 3.95. The van der Waals surface area contributed by atoms with Crippen molar-refractivity contribution < 1.29 is 0 Å². The quantitative estimate of drug-likeness (QED) is 0.785. The Morgan fingerprint density at radius 2 is 2.13 bits per heavy atom. The van der Waals surface area contributed by atoms with Gasteiger partial charge < -0.3 is 0 Å². The van der Waals surface area contributed by atoms with E-state index in [1.165, 1.54) is 6.33 Å². The molecule has 1 rings (SSSR count). The van der Waals surface area contributed by atoms with Crippen molar-refractivity contribution in [2.45, 2.75) is 33.7 Å². The third kappa shape index (κ3) is 3.61. The molecule has 5 heteroatoms. The molecule has 84 valence electrons. The SMILES string of the molecule is CC(C)(C)CCn1cnc(Cl)c(Br)c1=O. The minimum absolute atomic E-state index is 0.126. The number of halogens is 2. The van der Waals surface area contributed by atoms with Gasteiger partial charge in [0.05, 0.1) is 6.33 Å². The topological polar surface area (TPSA) is 34.9 Å². The highest BCUT2D eigenvalue weighted by molar-refractivity contribution is 9.10. The summed E-state index contributed by atoms with van der Waals surface area (Å²) in [6.45, 7) is 7.06. The molecular weight excluding hydrogens is 279 g/mol. The standard InChI is InChI=1S/C10H14BrClN2O/c1-10(2,3)4-5-14-6-13-8(12)7(11)9(14)15/h6H,4-5H2,1-3H3. The van der Waals surface area contributed by atoms with Crippen LogP contribution in [-0.4, -0.2) is 9.55 Å². The summed E-state index contributed by atoms with van der Waals surface area (Å²) >= 11 is 8.83. The van der Waals surface area contributed by atoms with E-state index in [2.05, 4.69) is 41.7 Å². The largest absolute Gasteiger partial charge is 0.298 e. The van der Waals surface area contributed by atoms with Crippen molar-refractivity contribution in [2.24, 2.45) is 5.41 Å². The van der Waals surface area contributed by atoms with Gasteiger partial charge in [-0.25, -0.2) is 4.98 Å². The Morgan fingerprint density at radius 1 is 1.53 bits per heavy atom. The first-order valence-electron chi connectivity index (χ1n) is 4.72. The Labute approximate surface area is 103 Å². The van der Waals surface area contributed by atoms with Gasteiger partial charge in [-0.05, 0) is 27.8 Å². The van der Waals surface area contributed by atoms with Gasteiger partial charge in [-0.3, -0.25) is 9.36 Å². The van der Waals surface area contributed by atoms with Crippen LogP contribution in [0.3, 0.4) is 0 Å². The van der Waals surface area contributed by atoms with E-state index < -0.39 is 0 Å². The van der Waals surface area contributed by atoms with Gasteiger partial charge >= 0.3 is 0 Å². The first-order chi connectivity index (χ1) is 6.81. The second-order valence-electron chi connectivity index (χ2n) is 4.66. The van der Waals surface area contributed by atoms with Crippen molar-refractivity contribution in [1.29, 1.82) is 0 Å². The van der Waals surface area contributed by atoms with Crippen molar-refractivity contribution in [2.75, 3.05) is 0 Å². The molecule has 0 saturated carbocycles. The summed E-state index contributed by atoms with van der Waals surface area (Å²) < 4.78 is 1.90. The Balaban J connectivity index is 2.89. The molecule has 0 bridgehead atoms. The maximum Gasteiger partial charge on any atom is 0.269 e. The first kappa shape index (κ1) is 12.7. The highest BCUT2D eigenvalue weighted by atomic mass is 79.9. The van der Waals surface area contributed by atoms with Gasteiger partial charge in [-0.1, -0.05) is 32.4 Å². The van der Waals surface area contributed by atoms with Gasteiger partial charge in [0.1, 0.15) is 4.47 Å². The fraction of sp³-hybridized carbons (Fsp3) is 0.600. The van der Waals surface area contributed by atoms with Crippen molar-refractivity contribution in [3.63, 3.8) is 0 Å². The van der Waals surface area contributed by atoms with Crippen molar-refractivity contribution in [3.05, 3.63) is 26.3 Å². The average molecular weight is 294 g/mol. The second kappa shape index (κ2) is 4.66. The van der Waals surface area contributed by atoms with Crippen LogP contribution >= 0.6 is 27.5 Å². The summed E-state index contributed by atoms with van der Waals surface area (Å²) in [5.74, 6) is 0. The lowest BCUT2D eigenvalue weighted by Crippen LogP contribution is -2.23. The van der Waals surface area contributed by atoms with E-state index in [1.807, 2.05) is 0 Å². The molecule has 0 atom stereocenters. The Morgan fingerprint density at radius 3 is 2.67 bits per heavy atom. The molecule has 0 aromatic carbocycles. The molecule has 0 aliphatic carbocycles. The third-order valence-corrected chi connectivity index (χ3v) is 3.27. The minimum atomic E-state index is -0.126. The third-order valence-electron chi connectivity index (χ3n) is 2.04. The summed E-state index contributed by atoms with van der Waals surface area (Å²) in [6.07, 6.45) is 2.41. The number of rotatable bonds is 2. The van der Waals surface area contributed by atoms with Crippen molar-refractivity contribution in [1.82, 2.24) is 9.55 Å². The lowest BCUT2D eigenvalue weighted by atomic mass is 9.92. The van der Waals surface area contributed by atoms with Crippen molar-refractivity contribution in [3.8, 4) is 0 Å². The van der Waals surface area contributed by atoms with Crippen LogP contribution in [0.25, 0.3) is 0 Å². The van der Waals surface area contributed by atoms with Gasteiger partial charge in [0.15, 0.2) is 5.15 Å². The van der Waals surface area contributed by atoms with Crippen LogP contribution in [0.4, 0.5) is 0 Å². The Hall–Kier alpha value is -0.350. The molecule has 0 aliphatic rings. The van der Waals surface area contributed by atoms with E-state index in [4.69, 9.17) is 11.6 Å². The predicted octanol–water partition coefficient (Wildman–Crippen LogP) is 3.10. The monoisotopic (exact) mass is 292 g/mol. The van der Waals surface area contributed by atoms with Crippen LogP contribution in [0.1, 0.15) is 27.2 Å². The zero-order valence-electron chi connectivity index (χ0n) is 9.05. The molecule has 0 fully saturated rings. The van der Waals surface area contributed by atoms with Crippen LogP contribution in [0.5, 0.6) is 0 Å². The zero-order chi connectivity index (χ0) is 11.6. The molecule has 0 spiro atoms. The van der Waals surface area contributed by atoms with Gasteiger partial charge in [-0.2, -0.15) is 0 Å². The highest BCUT2D eigenvalue weighted by Gasteiger charge is 2.12. The maximum atomic E-state index is 11.7. The number of nitrogens with zero attached hydrogens (tertiary/aromatic N) is 2. The summed E-state index contributed by atoms with van der Waals surface area (Å²) in [5.41, 5.74) is 0.0743. The number of hydrogen-bond donors (Lipinski definition) is 0. The fourth-order valence-corrected chi connectivity index (χ4v) is 1.51. The van der Waals surface area contributed by atoms with Gasteiger partial charge in [-0.15, -0.1) is 0 Å². The highest BCUT2D eigenvalue weighted by Crippen LogP contribution is 2.19. The van der Waals surface area contributed by atoms with Crippen LogP contribution in [-0.2, 0) is 6.54 Å². The van der Waals surface area contributed by atoms with Crippen LogP contribution in [0.2, 0.25) is 5.15 Å². The van der Waals surface area contributed by atoms with E-state index in [1.54, 1.807) is 4.57 Å². The second-order valence-corrected chi connectivity index (χ2v) is 5.81. The molecule has 0 unspecified atom stereocenters. The summed E-state index contributed by atoms with van der Waals surface area (Å²) in [5, 5.41) is 0.215. The van der Waals surface area contributed by atoms with Crippen LogP contribution in [0, 0.1) is 5.41 Å². The fourth-order valence-electron chi connectivity index (χ4n) is 1.06. The normalized spacial score (nSPS) is 11.8. The molecule has 3 nitrogen and oxygen atoms in total. The molecule has 1 aromatic heterocycles. The number of hydrogen-bond acceptors (Lipinski definition) is 2. The zero-order valence-corrected chi connectivity index (χ0v) is 11.4. The molecule has 1 aromatic rings. The summed E-state index contributed by atoms with van der Waals surface area (Å²) in [4.78, 5) is 15.6. The van der Waals surface area contributed by atoms with Crippen LogP contribution < -0.4 is 5.56 Å². The van der Waals surface area contributed by atoms with Gasteiger partial charge in [0, 0.05) is 6.54 Å². The Bertz CT molecular complexity index is 409. The molecule has 0 saturated heterocycles. The van der Waals surface area contributed by atoms with Gasteiger partial charge in [0.25, 0.3) is 5.56 Å². The van der Waals surface area contributed by atoms with E-state index in [9.17, 15) is 4.79 Å². The molecule has 1 heterocycles. The van der Waals surface area contributed by atoms with E-state index in [0.29, 0.717) is 11.0 Å². The molecule has 0 aliphatic heterocycles. The van der Waals surface area contributed by atoms with E-state index >= 15 is 0 Å². The lowest BCUT2D eigenvalue weighted by molar-refractivity contribution is 0.346. The molecule has 0 amide bonds.